The summed E-state index contributed by atoms with van der Waals surface area (Å²) in [5.41, 5.74) is 1.47. The molecule has 1 saturated carbocycles. The summed E-state index contributed by atoms with van der Waals surface area (Å²) >= 11 is 19.1. The van der Waals surface area contributed by atoms with Gasteiger partial charge in [-0.2, -0.15) is 5.26 Å². The number of carbonyl (C=O) groups is 1. The average molecular weight is 617 g/mol. The summed E-state index contributed by atoms with van der Waals surface area (Å²) in [6.45, 7) is 0.237. The first kappa shape index (κ1) is 25.9. The largest absolute Gasteiger partial charge is 0.493 e. The maximum atomic E-state index is 12.7. The second-order valence-electron chi connectivity index (χ2n) is 7.64. The van der Waals surface area contributed by atoms with Crippen molar-refractivity contribution in [1.82, 2.24) is 5.32 Å². The molecule has 0 saturated heterocycles. The molecule has 9 heteroatoms. The molecular formula is C24H22Br2Cl2N2O3. The molecule has 174 valence electrons. The number of amides is 1. The van der Waals surface area contributed by atoms with Gasteiger partial charge in [0.25, 0.3) is 5.91 Å². The van der Waals surface area contributed by atoms with E-state index in [1.54, 1.807) is 18.2 Å². The van der Waals surface area contributed by atoms with Crippen molar-refractivity contribution in [2.24, 2.45) is 0 Å². The second-order valence-corrected chi connectivity index (χ2v) is 10.0. The van der Waals surface area contributed by atoms with Gasteiger partial charge in [0.05, 0.1) is 21.6 Å². The van der Waals surface area contributed by atoms with E-state index < -0.39 is 0 Å². The quantitative estimate of drug-likeness (QED) is 0.259. The SMILES string of the molecule is COc1cc(/C=C(/C#N)C(=O)NC2CCCCC2)c(Br)c(Br)c1OCc1ccc(Cl)c(Cl)c1. The Morgan fingerprint density at radius 1 is 1.18 bits per heavy atom. The lowest BCUT2D eigenvalue weighted by molar-refractivity contribution is -0.117. The summed E-state index contributed by atoms with van der Waals surface area (Å²) in [4.78, 5) is 12.7. The van der Waals surface area contributed by atoms with Crippen molar-refractivity contribution in [2.75, 3.05) is 7.11 Å². The third-order valence-electron chi connectivity index (χ3n) is 5.35. The highest BCUT2D eigenvalue weighted by Crippen LogP contribution is 2.44. The van der Waals surface area contributed by atoms with Gasteiger partial charge >= 0.3 is 0 Å². The van der Waals surface area contributed by atoms with Gasteiger partial charge < -0.3 is 14.8 Å². The highest BCUT2D eigenvalue weighted by Gasteiger charge is 2.21. The van der Waals surface area contributed by atoms with Gasteiger partial charge in [-0.05, 0) is 80.1 Å². The van der Waals surface area contributed by atoms with Crippen LogP contribution in [-0.4, -0.2) is 19.1 Å². The molecule has 1 N–H and O–H groups in total. The first-order valence-corrected chi connectivity index (χ1v) is 12.7. The summed E-state index contributed by atoms with van der Waals surface area (Å²) in [5, 5.41) is 13.5. The number of carbonyl (C=O) groups excluding carboxylic acids is 1. The molecule has 0 radical (unpaired) electrons. The van der Waals surface area contributed by atoms with Crippen LogP contribution in [0.15, 0.2) is 38.8 Å². The molecule has 1 fully saturated rings. The van der Waals surface area contributed by atoms with Crippen molar-refractivity contribution in [1.29, 1.82) is 5.26 Å². The van der Waals surface area contributed by atoms with Gasteiger partial charge in [-0.3, -0.25) is 4.79 Å². The molecule has 0 unspecified atom stereocenters. The van der Waals surface area contributed by atoms with Crippen molar-refractivity contribution in [3.05, 3.63) is 60.0 Å². The maximum Gasteiger partial charge on any atom is 0.262 e. The Morgan fingerprint density at radius 2 is 1.91 bits per heavy atom. The van der Waals surface area contributed by atoms with Crippen LogP contribution in [0.4, 0.5) is 0 Å². The number of rotatable bonds is 7. The van der Waals surface area contributed by atoms with E-state index in [4.69, 9.17) is 32.7 Å². The highest BCUT2D eigenvalue weighted by molar-refractivity contribution is 9.13. The van der Waals surface area contributed by atoms with Crippen molar-refractivity contribution in [2.45, 2.75) is 44.8 Å². The molecule has 0 spiro atoms. The van der Waals surface area contributed by atoms with Gasteiger partial charge in [0.1, 0.15) is 18.2 Å². The molecule has 0 heterocycles. The van der Waals surface area contributed by atoms with Crippen LogP contribution in [0.1, 0.15) is 43.2 Å². The predicted molar refractivity (Wildman–Crippen MR) is 138 cm³/mol. The van der Waals surface area contributed by atoms with Crippen molar-refractivity contribution < 1.29 is 14.3 Å². The predicted octanol–water partition coefficient (Wildman–Crippen LogP) is 7.46. The Bertz CT molecular complexity index is 1110. The Labute approximate surface area is 220 Å². The lowest BCUT2D eigenvalue weighted by Crippen LogP contribution is -2.36. The van der Waals surface area contributed by atoms with E-state index in [0.717, 1.165) is 31.2 Å². The molecule has 2 aromatic carbocycles. The fourth-order valence-electron chi connectivity index (χ4n) is 3.59. The lowest BCUT2D eigenvalue weighted by atomic mass is 9.95. The van der Waals surface area contributed by atoms with E-state index >= 15 is 0 Å². The van der Waals surface area contributed by atoms with Gasteiger partial charge in [0.15, 0.2) is 11.5 Å². The number of ether oxygens (including phenoxy) is 2. The molecule has 0 aromatic heterocycles. The number of hydrogen-bond donors (Lipinski definition) is 1. The number of methoxy groups -OCH3 is 1. The van der Waals surface area contributed by atoms with Crippen molar-refractivity contribution >= 4 is 67.0 Å². The van der Waals surface area contributed by atoms with Crippen LogP contribution in [0.25, 0.3) is 6.08 Å². The summed E-state index contributed by atoms with van der Waals surface area (Å²) in [5.74, 6) is 0.547. The topological polar surface area (TPSA) is 71.3 Å². The fraction of sp³-hybridized carbons (Fsp3) is 0.333. The van der Waals surface area contributed by atoms with Crippen molar-refractivity contribution in [3.8, 4) is 17.6 Å². The van der Waals surface area contributed by atoms with E-state index in [9.17, 15) is 10.1 Å². The Morgan fingerprint density at radius 3 is 2.55 bits per heavy atom. The zero-order valence-corrected chi connectivity index (χ0v) is 22.6. The molecule has 1 aliphatic rings. The first-order valence-electron chi connectivity index (χ1n) is 10.4. The molecule has 3 rings (SSSR count). The molecule has 33 heavy (non-hydrogen) atoms. The van der Waals surface area contributed by atoms with E-state index in [1.165, 1.54) is 19.6 Å². The van der Waals surface area contributed by atoms with Crippen LogP contribution in [0, 0.1) is 11.3 Å². The summed E-state index contributed by atoms with van der Waals surface area (Å²) < 4.78 is 12.7. The summed E-state index contributed by atoms with van der Waals surface area (Å²) in [6, 6.07) is 9.11. The zero-order chi connectivity index (χ0) is 24.0. The average Bonchev–Trinajstić information content (AvgIpc) is 2.82. The fourth-order valence-corrected chi connectivity index (χ4v) is 4.86. The third kappa shape index (κ3) is 6.66. The minimum absolute atomic E-state index is 0.0275. The second kappa shape index (κ2) is 12.1. The van der Waals surface area contributed by atoms with E-state index in [2.05, 4.69) is 37.2 Å². The molecule has 0 aliphatic heterocycles. The third-order valence-corrected chi connectivity index (χ3v) is 8.23. The highest BCUT2D eigenvalue weighted by atomic mass is 79.9. The minimum Gasteiger partial charge on any atom is -0.493 e. The first-order chi connectivity index (χ1) is 15.8. The normalized spacial score (nSPS) is 14.5. The lowest BCUT2D eigenvalue weighted by Gasteiger charge is -2.22. The van der Waals surface area contributed by atoms with Gasteiger partial charge in [-0.15, -0.1) is 0 Å². The minimum atomic E-state index is -0.369. The van der Waals surface area contributed by atoms with E-state index in [0.29, 0.717) is 36.1 Å². The molecule has 1 amide bonds. The number of halogens is 4. The van der Waals surface area contributed by atoms with Crippen LogP contribution in [0.3, 0.4) is 0 Å². The Hall–Kier alpha value is -1.72. The van der Waals surface area contributed by atoms with Crippen LogP contribution in [0.5, 0.6) is 11.5 Å². The summed E-state index contributed by atoms with van der Waals surface area (Å²) in [7, 11) is 1.52. The standard InChI is InChI=1S/C24H22Br2Cl2N2O3/c1-32-20-11-15(10-16(12-29)24(31)30-17-5-3-2-4-6-17)21(25)22(26)23(20)33-13-14-7-8-18(27)19(28)9-14/h7-11,17H,2-6,13H2,1H3,(H,30,31)/b16-10-. The molecular weight excluding hydrogens is 595 g/mol. The zero-order valence-electron chi connectivity index (χ0n) is 17.9. The van der Waals surface area contributed by atoms with Crippen LogP contribution < -0.4 is 14.8 Å². The number of benzene rings is 2. The molecule has 1 aliphatic carbocycles. The van der Waals surface area contributed by atoms with Gasteiger partial charge in [-0.1, -0.05) is 48.5 Å². The van der Waals surface area contributed by atoms with Crippen LogP contribution >= 0.6 is 55.1 Å². The van der Waals surface area contributed by atoms with Crippen molar-refractivity contribution in [3.63, 3.8) is 0 Å². The van der Waals surface area contributed by atoms with Gasteiger partial charge in [0.2, 0.25) is 0 Å². The monoisotopic (exact) mass is 614 g/mol. The molecule has 0 atom stereocenters. The maximum absolute atomic E-state index is 12.7. The van der Waals surface area contributed by atoms with E-state index in [-0.39, 0.29) is 24.1 Å². The Balaban J connectivity index is 1.84. The number of nitriles is 1. The van der Waals surface area contributed by atoms with Crippen LogP contribution in [0.2, 0.25) is 10.0 Å². The number of nitrogens with one attached hydrogen (secondary N) is 1. The summed E-state index contributed by atoms with van der Waals surface area (Å²) in [6.07, 6.45) is 6.80. The number of nitrogens with zero attached hydrogens (tertiary/aromatic N) is 1. The molecule has 5 nitrogen and oxygen atoms in total. The smallest absolute Gasteiger partial charge is 0.262 e. The number of hydrogen-bond acceptors (Lipinski definition) is 4. The molecule has 0 bridgehead atoms. The Kier molecular flexibility index (Phi) is 9.51. The van der Waals surface area contributed by atoms with Crippen LogP contribution in [-0.2, 0) is 11.4 Å². The van der Waals surface area contributed by atoms with E-state index in [1.807, 2.05) is 12.1 Å². The molecule has 2 aromatic rings. The van der Waals surface area contributed by atoms with Gasteiger partial charge in [-0.25, -0.2) is 0 Å². The van der Waals surface area contributed by atoms with Gasteiger partial charge in [0, 0.05) is 10.5 Å².